The first-order chi connectivity index (χ1) is 10.1. The van der Waals surface area contributed by atoms with Crippen molar-refractivity contribution in [3.8, 4) is 0 Å². The zero-order chi connectivity index (χ0) is 15.1. The lowest BCUT2D eigenvalue weighted by molar-refractivity contribution is 0.0697. The molecule has 3 N–H and O–H groups in total. The Morgan fingerprint density at radius 3 is 2.33 bits per heavy atom. The number of carbonyl (C=O) groups is 2. The smallest absolute Gasteiger partial charge is 0.335 e. The molecule has 0 radical (unpaired) electrons. The van der Waals surface area contributed by atoms with Crippen molar-refractivity contribution < 1.29 is 14.7 Å². The lowest BCUT2D eigenvalue weighted by Gasteiger charge is -2.07. The van der Waals surface area contributed by atoms with Crippen LogP contribution in [0.15, 0.2) is 48.7 Å². The second-order valence-electron chi connectivity index (χ2n) is 4.36. The predicted octanol–water partition coefficient (Wildman–Crippen LogP) is 1.78. The number of nitrogens with one attached hydrogen (secondary N) is 2. The fourth-order valence-corrected chi connectivity index (χ4v) is 1.68. The van der Waals surface area contributed by atoms with Gasteiger partial charge >= 0.3 is 12.0 Å². The average molecular weight is 285 g/mol. The Balaban J connectivity index is 1.77. The standard InChI is InChI=1S/C15H15N3O3/c19-14(20)12-6-4-11(5-7-12)9-17-15(21)18-10-13-3-1-2-8-16-13/h1-8H,9-10H2,(H,19,20)(H2,17,18,21). The zero-order valence-corrected chi connectivity index (χ0v) is 11.2. The Hall–Kier alpha value is -2.89. The van der Waals surface area contributed by atoms with Crippen LogP contribution >= 0.6 is 0 Å². The molecule has 6 heteroatoms. The molecule has 0 aliphatic rings. The van der Waals surface area contributed by atoms with Crippen LogP contribution in [0.5, 0.6) is 0 Å². The highest BCUT2D eigenvalue weighted by Gasteiger charge is 2.03. The van der Waals surface area contributed by atoms with Gasteiger partial charge in [-0.2, -0.15) is 0 Å². The highest BCUT2D eigenvalue weighted by atomic mass is 16.4. The van der Waals surface area contributed by atoms with Crippen molar-refractivity contribution in [3.05, 3.63) is 65.5 Å². The minimum Gasteiger partial charge on any atom is -0.478 e. The van der Waals surface area contributed by atoms with E-state index in [0.29, 0.717) is 13.1 Å². The monoisotopic (exact) mass is 285 g/mol. The van der Waals surface area contributed by atoms with Gasteiger partial charge in [0.1, 0.15) is 0 Å². The molecular weight excluding hydrogens is 270 g/mol. The molecule has 21 heavy (non-hydrogen) atoms. The molecular formula is C15H15N3O3. The van der Waals surface area contributed by atoms with Gasteiger partial charge in [-0.05, 0) is 29.8 Å². The van der Waals surface area contributed by atoms with Gasteiger partial charge in [0.2, 0.25) is 0 Å². The summed E-state index contributed by atoms with van der Waals surface area (Å²) in [5, 5.41) is 14.2. The lowest BCUT2D eigenvalue weighted by atomic mass is 10.1. The highest BCUT2D eigenvalue weighted by Crippen LogP contribution is 2.04. The van der Waals surface area contributed by atoms with E-state index in [4.69, 9.17) is 5.11 Å². The minimum absolute atomic E-state index is 0.221. The average Bonchev–Trinajstić information content (AvgIpc) is 2.52. The Morgan fingerprint density at radius 2 is 1.71 bits per heavy atom. The molecule has 0 aliphatic carbocycles. The van der Waals surface area contributed by atoms with Crippen LogP contribution in [-0.2, 0) is 13.1 Å². The van der Waals surface area contributed by atoms with Crippen LogP contribution in [0.1, 0.15) is 21.6 Å². The maximum atomic E-state index is 11.6. The molecule has 1 aromatic carbocycles. The number of nitrogens with zero attached hydrogens (tertiary/aromatic N) is 1. The van der Waals surface area contributed by atoms with Crippen LogP contribution in [0.25, 0.3) is 0 Å². The number of benzene rings is 1. The van der Waals surface area contributed by atoms with Crippen molar-refractivity contribution in [1.29, 1.82) is 0 Å². The number of aromatic nitrogens is 1. The number of carbonyl (C=O) groups excluding carboxylic acids is 1. The van der Waals surface area contributed by atoms with E-state index in [-0.39, 0.29) is 11.6 Å². The van der Waals surface area contributed by atoms with E-state index in [2.05, 4.69) is 15.6 Å². The Bertz CT molecular complexity index is 612. The van der Waals surface area contributed by atoms with E-state index in [0.717, 1.165) is 11.3 Å². The molecule has 0 saturated carbocycles. The third-order valence-electron chi connectivity index (χ3n) is 2.81. The van der Waals surface area contributed by atoms with Gasteiger partial charge in [-0.1, -0.05) is 18.2 Å². The number of amides is 2. The molecule has 2 rings (SSSR count). The van der Waals surface area contributed by atoms with Crippen LogP contribution in [0.4, 0.5) is 4.79 Å². The quantitative estimate of drug-likeness (QED) is 0.781. The fraction of sp³-hybridized carbons (Fsp3) is 0.133. The van der Waals surface area contributed by atoms with Gasteiger partial charge in [-0.25, -0.2) is 9.59 Å². The summed E-state index contributed by atoms with van der Waals surface area (Å²) in [6.07, 6.45) is 1.67. The Morgan fingerprint density at radius 1 is 1.00 bits per heavy atom. The third kappa shape index (κ3) is 4.61. The summed E-state index contributed by atoms with van der Waals surface area (Å²) in [4.78, 5) is 26.4. The van der Waals surface area contributed by atoms with Crippen LogP contribution in [0, 0.1) is 0 Å². The molecule has 1 heterocycles. The van der Waals surface area contributed by atoms with Crippen molar-refractivity contribution in [2.75, 3.05) is 0 Å². The highest BCUT2D eigenvalue weighted by molar-refractivity contribution is 5.87. The summed E-state index contributed by atoms with van der Waals surface area (Å²) in [6, 6.07) is 11.5. The van der Waals surface area contributed by atoms with Crippen LogP contribution in [0.2, 0.25) is 0 Å². The number of urea groups is 1. The lowest BCUT2D eigenvalue weighted by Crippen LogP contribution is -2.34. The number of hydrogen-bond donors (Lipinski definition) is 3. The third-order valence-corrected chi connectivity index (χ3v) is 2.81. The molecule has 0 unspecified atom stereocenters. The number of hydrogen-bond acceptors (Lipinski definition) is 3. The van der Waals surface area contributed by atoms with Crippen molar-refractivity contribution in [2.24, 2.45) is 0 Å². The van der Waals surface area contributed by atoms with E-state index in [1.165, 1.54) is 12.1 Å². The summed E-state index contributed by atoms with van der Waals surface area (Å²) in [7, 11) is 0. The van der Waals surface area contributed by atoms with Gasteiger partial charge in [-0.3, -0.25) is 4.98 Å². The number of rotatable bonds is 5. The molecule has 0 aliphatic heterocycles. The molecule has 0 atom stereocenters. The largest absolute Gasteiger partial charge is 0.478 e. The maximum absolute atomic E-state index is 11.6. The Kier molecular flexibility index (Phi) is 4.87. The van der Waals surface area contributed by atoms with Crippen LogP contribution < -0.4 is 10.6 Å². The SMILES string of the molecule is O=C(NCc1ccc(C(=O)O)cc1)NCc1ccccn1. The molecule has 2 amide bonds. The van der Waals surface area contributed by atoms with E-state index in [9.17, 15) is 9.59 Å². The zero-order valence-electron chi connectivity index (χ0n) is 11.2. The van der Waals surface area contributed by atoms with Crippen molar-refractivity contribution in [1.82, 2.24) is 15.6 Å². The van der Waals surface area contributed by atoms with E-state index < -0.39 is 5.97 Å². The Labute approximate surface area is 121 Å². The summed E-state index contributed by atoms with van der Waals surface area (Å²) in [5.74, 6) is -0.970. The topological polar surface area (TPSA) is 91.3 Å². The molecule has 108 valence electrons. The molecule has 0 saturated heterocycles. The first-order valence-corrected chi connectivity index (χ1v) is 6.39. The molecule has 1 aromatic heterocycles. The second-order valence-corrected chi connectivity index (χ2v) is 4.36. The molecule has 6 nitrogen and oxygen atoms in total. The number of aromatic carboxylic acids is 1. The van der Waals surface area contributed by atoms with Crippen LogP contribution in [-0.4, -0.2) is 22.1 Å². The summed E-state index contributed by atoms with van der Waals surface area (Å²) < 4.78 is 0. The van der Waals surface area contributed by atoms with Crippen LogP contribution in [0.3, 0.4) is 0 Å². The van der Waals surface area contributed by atoms with Gasteiger partial charge in [0, 0.05) is 12.7 Å². The number of carboxylic acid groups (broad SMARTS) is 1. The first-order valence-electron chi connectivity index (χ1n) is 6.39. The predicted molar refractivity (Wildman–Crippen MR) is 76.7 cm³/mol. The molecule has 0 bridgehead atoms. The van der Waals surface area contributed by atoms with Crippen molar-refractivity contribution >= 4 is 12.0 Å². The van der Waals surface area contributed by atoms with Gasteiger partial charge in [0.15, 0.2) is 0 Å². The molecule has 0 spiro atoms. The van der Waals surface area contributed by atoms with Gasteiger partial charge < -0.3 is 15.7 Å². The molecule has 0 fully saturated rings. The van der Waals surface area contributed by atoms with E-state index >= 15 is 0 Å². The maximum Gasteiger partial charge on any atom is 0.335 e. The first kappa shape index (κ1) is 14.5. The number of carboxylic acids is 1. The van der Waals surface area contributed by atoms with E-state index in [1.54, 1.807) is 18.3 Å². The van der Waals surface area contributed by atoms with Gasteiger partial charge in [0.05, 0.1) is 17.8 Å². The normalized spacial score (nSPS) is 9.90. The van der Waals surface area contributed by atoms with Crippen molar-refractivity contribution in [3.63, 3.8) is 0 Å². The van der Waals surface area contributed by atoms with Gasteiger partial charge in [-0.15, -0.1) is 0 Å². The minimum atomic E-state index is -0.970. The van der Waals surface area contributed by atoms with E-state index in [1.807, 2.05) is 18.2 Å². The van der Waals surface area contributed by atoms with Crippen molar-refractivity contribution in [2.45, 2.75) is 13.1 Å². The number of pyridine rings is 1. The molecule has 2 aromatic rings. The second kappa shape index (κ2) is 7.04. The van der Waals surface area contributed by atoms with Gasteiger partial charge in [0.25, 0.3) is 0 Å². The summed E-state index contributed by atoms with van der Waals surface area (Å²) in [5.41, 5.74) is 1.82. The summed E-state index contributed by atoms with van der Waals surface area (Å²) in [6.45, 7) is 0.679. The fourth-order valence-electron chi connectivity index (χ4n) is 1.68. The summed E-state index contributed by atoms with van der Waals surface area (Å²) >= 11 is 0.